The molecular weight excluding hydrogens is 284 g/mol. The molecule has 0 aromatic carbocycles. The van der Waals surface area contributed by atoms with Gasteiger partial charge in [-0.05, 0) is 12.3 Å². The molecule has 3 rings (SSSR count). The van der Waals surface area contributed by atoms with Gasteiger partial charge in [0.15, 0.2) is 6.61 Å². The lowest BCUT2D eigenvalue weighted by Crippen LogP contribution is -2.54. The molecule has 2 saturated heterocycles. The maximum Gasteiger partial charge on any atom is 0.417 e. The summed E-state index contributed by atoms with van der Waals surface area (Å²) in [7, 11) is 0. The second-order valence-corrected chi connectivity index (χ2v) is 6.77. The molecule has 122 valence electrons. The summed E-state index contributed by atoms with van der Waals surface area (Å²) >= 11 is 0. The van der Waals surface area contributed by atoms with Crippen LogP contribution in [0.25, 0.3) is 0 Å². The van der Waals surface area contributed by atoms with Gasteiger partial charge in [-0.25, -0.2) is 9.69 Å². The normalized spacial score (nSPS) is 23.6. The Morgan fingerprint density at radius 2 is 1.82 bits per heavy atom. The Labute approximate surface area is 130 Å². The lowest BCUT2D eigenvalue weighted by Gasteiger charge is -2.40. The topological polar surface area (TPSA) is 66.9 Å². The van der Waals surface area contributed by atoms with Crippen molar-refractivity contribution in [1.29, 1.82) is 0 Å². The van der Waals surface area contributed by atoms with E-state index in [0.717, 1.165) is 17.2 Å². The van der Waals surface area contributed by atoms with Gasteiger partial charge >= 0.3 is 6.09 Å². The predicted molar refractivity (Wildman–Crippen MR) is 78.9 cm³/mol. The lowest BCUT2D eigenvalue weighted by atomic mass is 9.86. The number of carbonyl (C=O) groups is 3. The first-order chi connectivity index (χ1) is 10.6. The number of nitrogens with zero attached hydrogens (tertiary/aromatic N) is 2. The van der Waals surface area contributed by atoms with Crippen LogP contribution in [0.2, 0.25) is 0 Å². The van der Waals surface area contributed by atoms with Crippen LogP contribution in [0.15, 0.2) is 0 Å². The van der Waals surface area contributed by atoms with Gasteiger partial charge in [-0.3, -0.25) is 9.59 Å². The Hall–Kier alpha value is -1.59. The SMILES string of the molecule is O=C(CCC1CCCCC1)N1CC(CN2C(=O)COC2=O)C1. The number of imide groups is 1. The highest BCUT2D eigenvalue weighted by Crippen LogP contribution is 2.28. The summed E-state index contributed by atoms with van der Waals surface area (Å²) in [6.45, 7) is 1.54. The molecule has 6 nitrogen and oxygen atoms in total. The average Bonchev–Trinajstić information content (AvgIpc) is 2.80. The summed E-state index contributed by atoms with van der Waals surface area (Å²) in [6.07, 6.45) is 7.61. The predicted octanol–water partition coefficient (Wildman–Crippen LogP) is 1.78. The van der Waals surface area contributed by atoms with Gasteiger partial charge in [0.25, 0.3) is 5.91 Å². The first-order valence-electron chi connectivity index (χ1n) is 8.38. The van der Waals surface area contributed by atoms with Crippen LogP contribution in [0.1, 0.15) is 44.9 Å². The van der Waals surface area contributed by atoms with Crippen LogP contribution in [0.5, 0.6) is 0 Å². The van der Waals surface area contributed by atoms with Crippen LogP contribution < -0.4 is 0 Å². The van der Waals surface area contributed by atoms with Gasteiger partial charge in [0.2, 0.25) is 5.91 Å². The largest absolute Gasteiger partial charge is 0.439 e. The Balaban J connectivity index is 1.35. The van der Waals surface area contributed by atoms with Crippen molar-refractivity contribution in [3.05, 3.63) is 0 Å². The van der Waals surface area contributed by atoms with E-state index in [4.69, 9.17) is 0 Å². The van der Waals surface area contributed by atoms with Crippen LogP contribution >= 0.6 is 0 Å². The van der Waals surface area contributed by atoms with E-state index in [9.17, 15) is 14.4 Å². The summed E-state index contributed by atoms with van der Waals surface area (Å²) in [4.78, 5) is 37.9. The van der Waals surface area contributed by atoms with Gasteiger partial charge in [0, 0.05) is 32.0 Å². The molecule has 0 atom stereocenters. The van der Waals surface area contributed by atoms with Crippen LogP contribution in [0.4, 0.5) is 4.79 Å². The molecule has 0 radical (unpaired) electrons. The molecule has 0 aromatic rings. The molecular formula is C16H24N2O4. The molecule has 2 aliphatic heterocycles. The number of rotatable bonds is 5. The van der Waals surface area contributed by atoms with Gasteiger partial charge < -0.3 is 9.64 Å². The van der Waals surface area contributed by atoms with Crippen molar-refractivity contribution in [2.75, 3.05) is 26.2 Å². The van der Waals surface area contributed by atoms with Gasteiger partial charge in [0.05, 0.1) is 0 Å². The zero-order valence-corrected chi connectivity index (χ0v) is 13.0. The number of amides is 3. The minimum absolute atomic E-state index is 0.143. The molecule has 1 saturated carbocycles. The quantitative estimate of drug-likeness (QED) is 0.776. The number of hydrogen-bond donors (Lipinski definition) is 0. The van der Waals surface area contributed by atoms with Gasteiger partial charge in [-0.2, -0.15) is 0 Å². The summed E-state index contributed by atoms with van der Waals surface area (Å²) in [6, 6.07) is 0. The van der Waals surface area contributed by atoms with Crippen molar-refractivity contribution in [2.24, 2.45) is 11.8 Å². The average molecular weight is 308 g/mol. The molecule has 0 unspecified atom stereocenters. The number of carbonyl (C=O) groups excluding carboxylic acids is 3. The van der Waals surface area contributed by atoms with E-state index in [-0.39, 0.29) is 24.3 Å². The summed E-state index contributed by atoms with van der Waals surface area (Å²) < 4.78 is 4.68. The fourth-order valence-electron chi connectivity index (χ4n) is 3.67. The number of likely N-dealkylation sites (tertiary alicyclic amines) is 1. The van der Waals surface area contributed by atoms with Gasteiger partial charge in [-0.15, -0.1) is 0 Å². The van der Waals surface area contributed by atoms with E-state index in [2.05, 4.69) is 4.74 Å². The Morgan fingerprint density at radius 1 is 1.09 bits per heavy atom. The Bertz CT molecular complexity index is 437. The van der Waals surface area contributed by atoms with E-state index in [1.54, 1.807) is 0 Å². The third-order valence-corrected chi connectivity index (χ3v) is 5.08. The van der Waals surface area contributed by atoms with E-state index in [1.807, 2.05) is 4.90 Å². The molecule has 6 heteroatoms. The second kappa shape index (κ2) is 6.67. The number of cyclic esters (lactones) is 1. The summed E-state index contributed by atoms with van der Waals surface area (Å²) in [5.74, 6) is 0.879. The molecule has 2 heterocycles. The molecule has 0 spiro atoms. The van der Waals surface area contributed by atoms with Crippen LogP contribution in [-0.4, -0.2) is 53.9 Å². The fraction of sp³-hybridized carbons (Fsp3) is 0.812. The zero-order chi connectivity index (χ0) is 15.5. The molecule has 3 amide bonds. The lowest BCUT2D eigenvalue weighted by molar-refractivity contribution is -0.138. The first kappa shape index (κ1) is 15.3. The molecule has 0 N–H and O–H groups in total. The maximum atomic E-state index is 12.1. The highest BCUT2D eigenvalue weighted by Gasteiger charge is 2.38. The van der Waals surface area contributed by atoms with Crippen molar-refractivity contribution in [1.82, 2.24) is 9.80 Å². The Kier molecular flexibility index (Phi) is 4.64. The van der Waals surface area contributed by atoms with Gasteiger partial charge in [-0.1, -0.05) is 32.1 Å². The molecule has 1 aliphatic carbocycles. The smallest absolute Gasteiger partial charge is 0.417 e. The molecule has 3 aliphatic rings. The van der Waals surface area contributed by atoms with Crippen molar-refractivity contribution < 1.29 is 19.1 Å². The van der Waals surface area contributed by atoms with Crippen molar-refractivity contribution in [2.45, 2.75) is 44.9 Å². The minimum atomic E-state index is -0.549. The van der Waals surface area contributed by atoms with E-state index < -0.39 is 6.09 Å². The number of hydrogen-bond acceptors (Lipinski definition) is 4. The highest BCUT2D eigenvalue weighted by molar-refractivity contribution is 5.97. The first-order valence-corrected chi connectivity index (χ1v) is 8.38. The highest BCUT2D eigenvalue weighted by atomic mass is 16.6. The third kappa shape index (κ3) is 3.42. The summed E-state index contributed by atoms with van der Waals surface area (Å²) in [5, 5.41) is 0. The Morgan fingerprint density at radius 3 is 2.45 bits per heavy atom. The zero-order valence-electron chi connectivity index (χ0n) is 13.0. The molecule has 22 heavy (non-hydrogen) atoms. The molecule has 0 bridgehead atoms. The second-order valence-electron chi connectivity index (χ2n) is 6.77. The van der Waals surface area contributed by atoms with Gasteiger partial charge in [0.1, 0.15) is 0 Å². The third-order valence-electron chi connectivity index (χ3n) is 5.08. The van der Waals surface area contributed by atoms with Crippen molar-refractivity contribution in [3.63, 3.8) is 0 Å². The van der Waals surface area contributed by atoms with E-state index >= 15 is 0 Å². The molecule has 0 aromatic heterocycles. The number of ether oxygens (including phenoxy) is 1. The van der Waals surface area contributed by atoms with E-state index in [1.165, 1.54) is 32.1 Å². The van der Waals surface area contributed by atoms with E-state index in [0.29, 0.717) is 26.1 Å². The van der Waals surface area contributed by atoms with Crippen LogP contribution in [0, 0.1) is 11.8 Å². The van der Waals surface area contributed by atoms with Crippen molar-refractivity contribution >= 4 is 17.9 Å². The molecule has 3 fully saturated rings. The summed E-state index contributed by atoms with van der Waals surface area (Å²) in [5.41, 5.74) is 0. The van der Waals surface area contributed by atoms with Crippen LogP contribution in [-0.2, 0) is 14.3 Å². The minimum Gasteiger partial charge on any atom is -0.439 e. The van der Waals surface area contributed by atoms with Crippen LogP contribution in [0.3, 0.4) is 0 Å². The van der Waals surface area contributed by atoms with Crippen molar-refractivity contribution in [3.8, 4) is 0 Å². The standard InChI is InChI=1S/C16H24N2O4/c19-14(7-6-12-4-2-1-3-5-12)17-8-13(9-17)10-18-15(20)11-22-16(18)21/h12-13H,1-11H2. The monoisotopic (exact) mass is 308 g/mol. The fourth-order valence-corrected chi connectivity index (χ4v) is 3.67. The maximum absolute atomic E-state index is 12.1.